The fourth-order valence-corrected chi connectivity index (χ4v) is 8.65. The molecule has 7 heterocycles. The summed E-state index contributed by atoms with van der Waals surface area (Å²) in [5, 5.41) is 22.3. The van der Waals surface area contributed by atoms with Gasteiger partial charge in [-0.05, 0) is 122 Å². The first kappa shape index (κ1) is 48.5. The largest absolute Gasteiger partial charge is 0.412 e. The Morgan fingerprint density at radius 3 is 1.50 bits per heavy atom. The number of ether oxygens (including phenoxy) is 2. The summed E-state index contributed by atoms with van der Waals surface area (Å²) in [6.45, 7) is 18.3. The number of rotatable bonds is 12. The van der Waals surface area contributed by atoms with Gasteiger partial charge in [0.2, 0.25) is 0 Å². The highest BCUT2D eigenvalue weighted by Gasteiger charge is 2.26. The van der Waals surface area contributed by atoms with Crippen molar-refractivity contribution in [1.82, 2.24) is 28.8 Å². The standard InChI is InChI=1S/C18H19IN2O2S.C15H19IN2O2.C11H13IN2O.H2O/c1-13-4-7-15(8-5-13)24(22)23-12-18(2,3)14-6-9-17-16(19)10-20-21(17)11-14;1-15(2,10-20-9-11-7-19-8-11)12-3-4-14-13(16)5-17-18(14)6-12;1-11(2,7-15)8-3-4-10-9(12)5-13-14(10)6-8;/h4-11H,12H2,1-3H3;3-6,11H,7-10H2,1-2H3;3-6,15H,7H2,1-2H3;1H2. The van der Waals surface area contributed by atoms with Crippen molar-refractivity contribution in [3.63, 3.8) is 0 Å². The van der Waals surface area contributed by atoms with E-state index in [1.807, 2.05) is 95.6 Å². The highest BCUT2D eigenvalue weighted by Crippen LogP contribution is 2.28. The van der Waals surface area contributed by atoms with Crippen molar-refractivity contribution in [3.05, 3.63) is 131 Å². The van der Waals surface area contributed by atoms with E-state index in [2.05, 4.69) is 147 Å². The van der Waals surface area contributed by atoms with E-state index in [1.165, 1.54) is 9.13 Å². The van der Waals surface area contributed by atoms with Crippen molar-refractivity contribution in [2.45, 2.75) is 69.6 Å². The molecule has 12 nitrogen and oxygen atoms in total. The molecule has 1 fully saturated rings. The Balaban J connectivity index is 0.000000174. The minimum atomic E-state index is -1.46. The van der Waals surface area contributed by atoms with E-state index in [9.17, 15) is 9.32 Å². The molecule has 1 aromatic carbocycles. The molecular weight excluding hydrogens is 1120 g/mol. The zero-order valence-electron chi connectivity index (χ0n) is 34.9. The van der Waals surface area contributed by atoms with Crippen LogP contribution in [0.4, 0.5) is 0 Å². The second kappa shape index (κ2) is 20.7. The molecule has 1 unspecified atom stereocenters. The van der Waals surface area contributed by atoms with Crippen molar-refractivity contribution in [2.24, 2.45) is 5.92 Å². The number of nitrogens with zero attached hydrogens (tertiary/aromatic N) is 6. The smallest absolute Gasteiger partial charge is 0.189 e. The average Bonchev–Trinajstić information content (AvgIpc) is 3.90. The quantitative estimate of drug-likeness (QED) is 0.120. The number of hydrogen-bond acceptors (Lipinski definition) is 8. The highest BCUT2D eigenvalue weighted by atomic mass is 127. The fourth-order valence-electron chi connectivity index (χ4n) is 6.10. The average molecular weight is 1170 g/mol. The first-order valence-corrected chi connectivity index (χ1v) is 23.6. The van der Waals surface area contributed by atoms with Crippen LogP contribution in [0.25, 0.3) is 16.6 Å². The second-order valence-electron chi connectivity index (χ2n) is 16.8. The predicted molar refractivity (Wildman–Crippen MR) is 262 cm³/mol. The number of aliphatic hydroxyl groups is 1. The molecule has 16 heteroatoms. The van der Waals surface area contributed by atoms with E-state index in [0.717, 1.165) is 60.2 Å². The lowest BCUT2D eigenvalue weighted by Crippen LogP contribution is -2.34. The Bertz CT molecular complexity index is 2530. The van der Waals surface area contributed by atoms with Crippen LogP contribution in [0.3, 0.4) is 0 Å². The number of halogens is 3. The number of pyridine rings is 3. The Labute approximate surface area is 395 Å². The van der Waals surface area contributed by atoms with Crippen LogP contribution in [0.5, 0.6) is 0 Å². The molecule has 1 atom stereocenters. The lowest BCUT2D eigenvalue weighted by molar-refractivity contribution is -0.0763. The van der Waals surface area contributed by atoms with Gasteiger partial charge in [0.1, 0.15) is 0 Å². The third-order valence-corrected chi connectivity index (χ3v) is 13.9. The van der Waals surface area contributed by atoms with Crippen LogP contribution >= 0.6 is 67.8 Å². The van der Waals surface area contributed by atoms with E-state index in [4.69, 9.17) is 13.7 Å². The molecular formula is C44H53I3N6O6S. The highest BCUT2D eigenvalue weighted by molar-refractivity contribution is 14.1. The minimum absolute atomic E-state index is 0. The summed E-state index contributed by atoms with van der Waals surface area (Å²) in [5.74, 6) is 0.584. The molecule has 60 heavy (non-hydrogen) atoms. The first-order valence-electron chi connectivity index (χ1n) is 19.3. The Morgan fingerprint density at radius 1 is 0.683 bits per heavy atom. The number of aromatic nitrogens is 6. The fraction of sp³-hybridized carbons (Fsp3) is 0.386. The third-order valence-electron chi connectivity index (χ3n) is 10.4. The van der Waals surface area contributed by atoms with Gasteiger partial charge >= 0.3 is 0 Å². The first-order chi connectivity index (χ1) is 28.0. The summed E-state index contributed by atoms with van der Waals surface area (Å²) in [6, 6.07) is 20.1. The molecule has 1 saturated heterocycles. The van der Waals surface area contributed by atoms with Crippen LogP contribution in [0.1, 0.15) is 63.8 Å². The summed E-state index contributed by atoms with van der Waals surface area (Å²) in [5.41, 5.74) is 7.40. The SMILES string of the molecule is CC(C)(CO)c1ccc2c(I)cnn2c1.CC(C)(COCC1COC1)c1ccc2c(I)cnn2c1.Cc1ccc(S(=O)OCC(C)(C)c2ccc3c(I)cnn3c2)cc1.O. The van der Waals surface area contributed by atoms with Gasteiger partial charge in [-0.2, -0.15) is 15.3 Å². The van der Waals surface area contributed by atoms with Crippen molar-refractivity contribution in [3.8, 4) is 0 Å². The van der Waals surface area contributed by atoms with Crippen molar-refractivity contribution < 1.29 is 28.4 Å². The number of fused-ring (bicyclic) bond motifs is 3. The molecule has 7 aromatic rings. The van der Waals surface area contributed by atoms with Crippen LogP contribution in [-0.2, 0) is 41.0 Å². The third kappa shape index (κ3) is 11.9. The van der Waals surface area contributed by atoms with Crippen LogP contribution in [-0.4, -0.2) is 83.3 Å². The van der Waals surface area contributed by atoms with Crippen LogP contribution < -0.4 is 0 Å². The predicted octanol–water partition coefficient (Wildman–Crippen LogP) is 8.53. The van der Waals surface area contributed by atoms with E-state index in [-0.39, 0.29) is 28.3 Å². The summed E-state index contributed by atoms with van der Waals surface area (Å²) in [4.78, 5) is 0.688. The van der Waals surface area contributed by atoms with Gasteiger partial charge in [0, 0.05) is 40.8 Å². The summed E-state index contributed by atoms with van der Waals surface area (Å²) >= 11 is 5.38. The van der Waals surface area contributed by atoms with Gasteiger partial charge in [0.05, 0.1) is 90.4 Å². The normalized spacial score (nSPS) is 13.9. The summed E-state index contributed by atoms with van der Waals surface area (Å²) < 4.78 is 38.1. The van der Waals surface area contributed by atoms with Crippen LogP contribution in [0.15, 0.2) is 103 Å². The Kier molecular flexibility index (Phi) is 16.8. The molecule has 322 valence electrons. The molecule has 8 rings (SSSR count). The van der Waals surface area contributed by atoms with E-state index in [0.29, 0.717) is 24.0 Å². The van der Waals surface area contributed by atoms with Crippen molar-refractivity contribution >= 4 is 95.4 Å². The molecule has 1 aliphatic rings. The van der Waals surface area contributed by atoms with Crippen molar-refractivity contribution in [1.29, 1.82) is 0 Å². The zero-order chi connectivity index (χ0) is 42.5. The minimum Gasteiger partial charge on any atom is -0.412 e. The van der Waals surface area contributed by atoms with E-state index in [1.54, 1.807) is 0 Å². The van der Waals surface area contributed by atoms with Gasteiger partial charge in [-0.3, -0.25) is 4.18 Å². The molecule has 6 aromatic heterocycles. The van der Waals surface area contributed by atoms with Gasteiger partial charge in [-0.25, -0.2) is 17.8 Å². The monoisotopic (exact) mass is 1170 g/mol. The number of aryl methyl sites for hydroxylation is 1. The Morgan fingerprint density at radius 2 is 1.10 bits per heavy atom. The number of aliphatic hydroxyl groups excluding tert-OH is 1. The summed E-state index contributed by atoms with van der Waals surface area (Å²) in [6.07, 6.45) is 11.7. The van der Waals surface area contributed by atoms with Gasteiger partial charge < -0.3 is 20.1 Å². The maximum Gasteiger partial charge on any atom is 0.189 e. The maximum absolute atomic E-state index is 12.3. The zero-order valence-corrected chi connectivity index (χ0v) is 42.2. The molecule has 1 aliphatic heterocycles. The molecule has 0 bridgehead atoms. The van der Waals surface area contributed by atoms with E-state index < -0.39 is 11.1 Å². The van der Waals surface area contributed by atoms with E-state index >= 15 is 0 Å². The lowest BCUT2D eigenvalue weighted by Gasteiger charge is -2.29. The number of hydrogen-bond donors (Lipinski definition) is 1. The van der Waals surface area contributed by atoms with Crippen molar-refractivity contribution in [2.75, 3.05) is 39.6 Å². The topological polar surface area (TPSA) is 148 Å². The van der Waals surface area contributed by atoms with Gasteiger partial charge in [0.15, 0.2) is 11.1 Å². The maximum atomic E-state index is 12.3. The molecule has 0 aliphatic carbocycles. The van der Waals surface area contributed by atoms with Gasteiger partial charge in [-0.1, -0.05) is 77.4 Å². The summed E-state index contributed by atoms with van der Waals surface area (Å²) in [7, 11) is 0. The lowest BCUT2D eigenvalue weighted by atomic mass is 9.86. The molecule has 0 spiro atoms. The molecule has 0 radical (unpaired) electrons. The number of benzene rings is 1. The van der Waals surface area contributed by atoms with Crippen LogP contribution in [0, 0.1) is 23.6 Å². The van der Waals surface area contributed by atoms with Gasteiger partial charge in [-0.15, -0.1) is 0 Å². The molecule has 0 saturated carbocycles. The Hall–Kier alpha value is -2.57. The van der Waals surface area contributed by atoms with Crippen LogP contribution in [0.2, 0.25) is 0 Å². The second-order valence-corrected chi connectivity index (χ2v) is 21.4. The van der Waals surface area contributed by atoms with Gasteiger partial charge in [0.25, 0.3) is 0 Å². The molecule has 0 amide bonds. The molecule has 3 N–H and O–H groups in total.